The molecule has 2 rings (SSSR count). The number of carbonyl (C=O) groups is 1. The second-order valence-electron chi connectivity index (χ2n) is 2.39. The third-order valence-electron chi connectivity index (χ3n) is 1.53. The maximum Gasteiger partial charge on any atom is 0.213 e. The zero-order valence-electron chi connectivity index (χ0n) is 6.45. The first kappa shape index (κ1) is 8.47. The van der Waals surface area contributed by atoms with Crippen LogP contribution in [0.4, 0.5) is 5.13 Å². The van der Waals surface area contributed by atoms with E-state index in [1.165, 1.54) is 11.3 Å². The number of aromatic nitrogens is 1. The molecular formula is C8H5ClN2OS. The van der Waals surface area contributed by atoms with Crippen LogP contribution in [0.15, 0.2) is 18.2 Å². The number of nitrogens with one attached hydrogen (secondary N) is 1. The molecule has 13 heavy (non-hydrogen) atoms. The highest BCUT2D eigenvalue weighted by molar-refractivity contribution is 7.22. The van der Waals surface area contributed by atoms with E-state index in [1.54, 1.807) is 12.1 Å². The molecule has 0 aliphatic carbocycles. The van der Waals surface area contributed by atoms with Crippen molar-refractivity contribution in [2.45, 2.75) is 0 Å². The Kier molecular flexibility index (Phi) is 2.16. The zero-order chi connectivity index (χ0) is 9.26. The number of thiazole rings is 1. The van der Waals surface area contributed by atoms with Crippen molar-refractivity contribution in [2.75, 3.05) is 5.32 Å². The summed E-state index contributed by atoms with van der Waals surface area (Å²) in [7, 11) is 0. The van der Waals surface area contributed by atoms with E-state index in [1.807, 2.05) is 6.07 Å². The van der Waals surface area contributed by atoms with Gasteiger partial charge in [-0.2, -0.15) is 0 Å². The number of amides is 1. The molecule has 0 saturated heterocycles. The van der Waals surface area contributed by atoms with Crippen molar-refractivity contribution in [3.8, 4) is 0 Å². The molecule has 1 aromatic heterocycles. The molecule has 1 N–H and O–H groups in total. The van der Waals surface area contributed by atoms with Gasteiger partial charge in [0, 0.05) is 5.02 Å². The van der Waals surface area contributed by atoms with Gasteiger partial charge in [-0.25, -0.2) is 4.98 Å². The number of rotatable bonds is 2. The van der Waals surface area contributed by atoms with E-state index in [0.717, 1.165) is 10.2 Å². The monoisotopic (exact) mass is 212 g/mol. The molecule has 0 atom stereocenters. The van der Waals surface area contributed by atoms with Gasteiger partial charge in [-0.15, -0.1) is 0 Å². The Morgan fingerprint density at radius 2 is 2.38 bits per heavy atom. The van der Waals surface area contributed by atoms with Gasteiger partial charge < -0.3 is 5.32 Å². The molecule has 66 valence electrons. The van der Waals surface area contributed by atoms with E-state index in [9.17, 15) is 4.79 Å². The van der Waals surface area contributed by atoms with Crippen LogP contribution in [0.2, 0.25) is 5.02 Å². The van der Waals surface area contributed by atoms with Crippen molar-refractivity contribution in [3.05, 3.63) is 23.2 Å². The Bertz CT molecular complexity index is 454. The summed E-state index contributed by atoms with van der Waals surface area (Å²) in [6.07, 6.45) is 0.610. The van der Waals surface area contributed by atoms with Crippen LogP contribution in [0.5, 0.6) is 0 Å². The van der Waals surface area contributed by atoms with Gasteiger partial charge in [-0.3, -0.25) is 4.79 Å². The molecule has 2 aromatic rings. The number of halogens is 1. The number of fused-ring (bicyclic) bond motifs is 1. The molecule has 0 fully saturated rings. The van der Waals surface area contributed by atoms with Gasteiger partial charge in [0.1, 0.15) is 0 Å². The maximum atomic E-state index is 10.1. The summed E-state index contributed by atoms with van der Waals surface area (Å²) in [6, 6.07) is 5.45. The quantitative estimate of drug-likeness (QED) is 0.778. The van der Waals surface area contributed by atoms with Gasteiger partial charge in [0.05, 0.1) is 10.2 Å². The minimum atomic E-state index is 0.590. The van der Waals surface area contributed by atoms with Crippen LogP contribution in [0.1, 0.15) is 0 Å². The van der Waals surface area contributed by atoms with Crippen LogP contribution in [0.3, 0.4) is 0 Å². The third-order valence-corrected chi connectivity index (χ3v) is 2.73. The van der Waals surface area contributed by atoms with E-state index in [2.05, 4.69) is 10.3 Å². The Hall–Kier alpha value is -1.13. The van der Waals surface area contributed by atoms with Crippen LogP contribution in [0.25, 0.3) is 10.2 Å². The molecular weight excluding hydrogens is 208 g/mol. The largest absolute Gasteiger partial charge is 0.305 e. The lowest BCUT2D eigenvalue weighted by Crippen LogP contribution is -1.91. The lowest BCUT2D eigenvalue weighted by molar-refractivity contribution is -0.105. The molecule has 0 bridgehead atoms. The van der Waals surface area contributed by atoms with Crippen LogP contribution < -0.4 is 5.32 Å². The lowest BCUT2D eigenvalue weighted by Gasteiger charge is -1.86. The van der Waals surface area contributed by atoms with Gasteiger partial charge >= 0.3 is 0 Å². The van der Waals surface area contributed by atoms with Gasteiger partial charge in [-0.1, -0.05) is 22.9 Å². The normalized spacial score (nSPS) is 10.2. The van der Waals surface area contributed by atoms with Crippen molar-refractivity contribution in [1.29, 1.82) is 0 Å². The van der Waals surface area contributed by atoms with Gasteiger partial charge in [-0.05, 0) is 18.2 Å². The van der Waals surface area contributed by atoms with Crippen LogP contribution in [-0.2, 0) is 4.79 Å². The van der Waals surface area contributed by atoms with E-state index in [-0.39, 0.29) is 0 Å². The van der Waals surface area contributed by atoms with Crippen molar-refractivity contribution in [2.24, 2.45) is 0 Å². The molecule has 0 spiro atoms. The minimum Gasteiger partial charge on any atom is -0.305 e. The summed E-state index contributed by atoms with van der Waals surface area (Å²) in [4.78, 5) is 14.3. The average Bonchev–Trinajstić information content (AvgIpc) is 2.46. The second-order valence-corrected chi connectivity index (χ2v) is 3.86. The highest BCUT2D eigenvalue weighted by Crippen LogP contribution is 2.27. The van der Waals surface area contributed by atoms with E-state index >= 15 is 0 Å². The zero-order valence-corrected chi connectivity index (χ0v) is 8.02. The third kappa shape index (κ3) is 1.64. The highest BCUT2D eigenvalue weighted by Gasteiger charge is 2.02. The molecule has 0 aliphatic heterocycles. The number of benzene rings is 1. The number of carbonyl (C=O) groups excluding carboxylic acids is 1. The fourth-order valence-corrected chi connectivity index (χ4v) is 1.98. The molecule has 0 radical (unpaired) electrons. The van der Waals surface area contributed by atoms with E-state index in [0.29, 0.717) is 16.6 Å². The fourth-order valence-electron chi connectivity index (χ4n) is 1.01. The molecule has 0 unspecified atom stereocenters. The number of nitrogens with zero attached hydrogens (tertiary/aromatic N) is 1. The maximum absolute atomic E-state index is 10.1. The van der Waals surface area contributed by atoms with Crippen molar-refractivity contribution < 1.29 is 4.79 Å². The number of anilines is 1. The Balaban J connectivity index is 2.55. The van der Waals surface area contributed by atoms with Crippen LogP contribution in [-0.4, -0.2) is 11.4 Å². The fraction of sp³-hybridized carbons (Fsp3) is 0. The van der Waals surface area contributed by atoms with Gasteiger partial charge in [0.15, 0.2) is 5.13 Å². The predicted octanol–water partition coefficient (Wildman–Crippen LogP) is 2.52. The SMILES string of the molecule is O=CNc1nc2cc(Cl)ccc2s1. The van der Waals surface area contributed by atoms with Crippen molar-refractivity contribution >= 4 is 44.7 Å². The molecule has 1 heterocycles. The summed E-state index contributed by atoms with van der Waals surface area (Å²) >= 11 is 7.20. The first-order valence-corrected chi connectivity index (χ1v) is 4.75. The standard InChI is InChI=1S/C8H5ClN2OS/c9-5-1-2-7-6(3-5)11-8(13-7)10-4-12/h1-4H,(H,10,11,12). The summed E-state index contributed by atoms with van der Waals surface area (Å²) in [5.74, 6) is 0. The highest BCUT2D eigenvalue weighted by atomic mass is 35.5. The molecule has 1 amide bonds. The van der Waals surface area contributed by atoms with Gasteiger partial charge in [0.2, 0.25) is 6.41 Å². The van der Waals surface area contributed by atoms with Crippen LogP contribution in [0, 0.1) is 0 Å². The summed E-state index contributed by atoms with van der Waals surface area (Å²) in [6.45, 7) is 0. The minimum absolute atomic E-state index is 0.590. The Morgan fingerprint density at radius 1 is 1.54 bits per heavy atom. The first-order valence-electron chi connectivity index (χ1n) is 3.56. The Labute approximate surface area is 83.4 Å². The summed E-state index contributed by atoms with van der Waals surface area (Å²) in [5.41, 5.74) is 0.807. The van der Waals surface area contributed by atoms with Gasteiger partial charge in [0.25, 0.3) is 0 Å². The summed E-state index contributed by atoms with van der Waals surface area (Å²) < 4.78 is 1.01. The predicted molar refractivity (Wildman–Crippen MR) is 54.3 cm³/mol. The molecule has 1 aromatic carbocycles. The molecule has 0 aliphatic rings. The number of hydrogen-bond donors (Lipinski definition) is 1. The van der Waals surface area contributed by atoms with Crippen LogP contribution >= 0.6 is 22.9 Å². The van der Waals surface area contributed by atoms with E-state index < -0.39 is 0 Å². The first-order chi connectivity index (χ1) is 6.29. The van der Waals surface area contributed by atoms with Crippen molar-refractivity contribution in [3.63, 3.8) is 0 Å². The molecule has 0 saturated carbocycles. The van der Waals surface area contributed by atoms with Crippen molar-refractivity contribution in [1.82, 2.24) is 4.98 Å². The smallest absolute Gasteiger partial charge is 0.213 e. The molecule has 3 nitrogen and oxygen atoms in total. The lowest BCUT2D eigenvalue weighted by atomic mass is 10.3. The number of hydrogen-bond acceptors (Lipinski definition) is 3. The topological polar surface area (TPSA) is 42.0 Å². The summed E-state index contributed by atoms with van der Waals surface area (Å²) in [5, 5.41) is 3.74. The second kappa shape index (κ2) is 3.32. The Morgan fingerprint density at radius 3 is 3.15 bits per heavy atom. The molecule has 5 heteroatoms. The van der Waals surface area contributed by atoms with E-state index in [4.69, 9.17) is 11.6 Å². The average molecular weight is 213 g/mol.